The maximum Gasteiger partial charge on any atom is 0.435 e. The van der Waals surface area contributed by atoms with Gasteiger partial charge in [-0.05, 0) is 35.9 Å². The van der Waals surface area contributed by atoms with Crippen LogP contribution in [-0.2, 0) is 21.7 Å². The molecule has 3 aromatic carbocycles. The van der Waals surface area contributed by atoms with Gasteiger partial charge in [-0.3, -0.25) is 14.9 Å². The molecule has 0 radical (unpaired) electrons. The third-order valence-corrected chi connectivity index (χ3v) is 6.60. The SMILES string of the molecule is O=C(CNc1cc(C2=NOC(c3cc(Cl)cc(Cl)c3)(C(F)(F)F)C2)ccc1Cl)Cc1ccc([N+](=O)[O-])cc1. The number of nitro benzene ring substituents is 1. The summed E-state index contributed by atoms with van der Waals surface area (Å²) in [5.41, 5.74) is -1.96. The molecule has 0 amide bonds. The van der Waals surface area contributed by atoms with Crippen LogP contribution in [0.1, 0.15) is 23.1 Å². The van der Waals surface area contributed by atoms with Crippen LogP contribution in [0.2, 0.25) is 15.1 Å². The molecule has 1 N–H and O–H groups in total. The molecule has 1 atom stereocenters. The minimum absolute atomic E-state index is 0.00958. The van der Waals surface area contributed by atoms with E-state index >= 15 is 0 Å². The molecule has 13 heteroatoms. The Morgan fingerprint density at radius 1 is 1.05 bits per heavy atom. The maximum absolute atomic E-state index is 14.3. The van der Waals surface area contributed by atoms with Crippen molar-refractivity contribution in [1.29, 1.82) is 0 Å². The number of carbonyl (C=O) groups excluding carboxylic acids is 1. The summed E-state index contributed by atoms with van der Waals surface area (Å²) in [6.07, 6.45) is -5.48. The van der Waals surface area contributed by atoms with Gasteiger partial charge < -0.3 is 10.2 Å². The predicted octanol–water partition coefficient (Wildman–Crippen LogP) is 7.36. The van der Waals surface area contributed by atoms with Gasteiger partial charge in [0.15, 0.2) is 5.78 Å². The molecule has 0 aliphatic carbocycles. The lowest BCUT2D eigenvalue weighted by Gasteiger charge is -2.29. The number of hydrogen-bond acceptors (Lipinski definition) is 6. The number of nitrogens with one attached hydrogen (secondary N) is 1. The predicted molar refractivity (Wildman–Crippen MR) is 138 cm³/mol. The lowest BCUT2D eigenvalue weighted by atomic mass is 9.86. The van der Waals surface area contributed by atoms with E-state index in [0.717, 1.165) is 12.1 Å². The van der Waals surface area contributed by atoms with E-state index in [9.17, 15) is 28.1 Å². The normalized spacial score (nSPS) is 17.1. The second-order valence-corrected chi connectivity index (χ2v) is 9.76. The van der Waals surface area contributed by atoms with Crippen molar-refractivity contribution >= 4 is 57.7 Å². The molecule has 0 saturated heterocycles. The van der Waals surface area contributed by atoms with Gasteiger partial charge in [0.25, 0.3) is 11.3 Å². The van der Waals surface area contributed by atoms with Crippen molar-refractivity contribution < 1.29 is 27.7 Å². The Morgan fingerprint density at radius 3 is 2.32 bits per heavy atom. The van der Waals surface area contributed by atoms with Gasteiger partial charge in [-0.1, -0.05) is 58.2 Å². The Bertz CT molecular complexity index is 1410. The molecular weight excluding hydrogens is 570 g/mol. The molecule has 7 nitrogen and oxygen atoms in total. The second-order valence-electron chi connectivity index (χ2n) is 8.48. The summed E-state index contributed by atoms with van der Waals surface area (Å²) < 4.78 is 42.8. The number of alkyl halides is 3. The van der Waals surface area contributed by atoms with E-state index in [-0.39, 0.29) is 50.8 Å². The van der Waals surface area contributed by atoms with Gasteiger partial charge in [0.1, 0.15) is 0 Å². The standard InChI is InChI=1S/C25H17Cl3F3N3O4/c26-17-9-16(10-18(27)11-17)24(25(29,30)31)12-23(33-38-24)15-3-6-21(28)22(8-15)32-13-20(35)7-14-1-4-19(5-2-14)34(36)37/h1-6,8-11,32H,7,12-13H2. The summed E-state index contributed by atoms with van der Waals surface area (Å²) in [6.45, 7) is -0.142. The van der Waals surface area contributed by atoms with Crippen molar-refractivity contribution in [3.05, 3.63) is 103 Å². The van der Waals surface area contributed by atoms with Crippen LogP contribution in [0.3, 0.4) is 0 Å². The molecule has 1 unspecified atom stereocenters. The van der Waals surface area contributed by atoms with Gasteiger partial charge in [-0.15, -0.1) is 0 Å². The van der Waals surface area contributed by atoms with Crippen LogP contribution in [0.4, 0.5) is 24.5 Å². The summed E-state index contributed by atoms with van der Waals surface area (Å²) in [6, 6.07) is 13.6. The fraction of sp³-hybridized carbons (Fsp3) is 0.200. The monoisotopic (exact) mass is 585 g/mol. The summed E-state index contributed by atoms with van der Waals surface area (Å²) in [7, 11) is 0. The summed E-state index contributed by atoms with van der Waals surface area (Å²) in [5.74, 6) is -0.240. The van der Waals surface area contributed by atoms with E-state index in [0.29, 0.717) is 16.8 Å². The van der Waals surface area contributed by atoms with Gasteiger partial charge in [0.2, 0.25) is 0 Å². The van der Waals surface area contributed by atoms with Crippen LogP contribution in [0.5, 0.6) is 0 Å². The number of ketones is 1. The first-order valence-corrected chi connectivity index (χ1v) is 12.1. The molecule has 0 spiro atoms. The van der Waals surface area contributed by atoms with Crippen LogP contribution in [0.15, 0.2) is 65.8 Å². The molecule has 4 rings (SSSR count). The first kappa shape index (κ1) is 27.7. The molecule has 38 heavy (non-hydrogen) atoms. The largest absolute Gasteiger partial charge is 0.435 e. The van der Waals surface area contributed by atoms with Gasteiger partial charge in [0, 0.05) is 46.1 Å². The van der Waals surface area contributed by atoms with Gasteiger partial charge in [-0.2, -0.15) is 13.2 Å². The third kappa shape index (κ3) is 5.87. The van der Waals surface area contributed by atoms with Gasteiger partial charge in [0.05, 0.1) is 27.9 Å². The smallest absolute Gasteiger partial charge is 0.377 e. The zero-order valence-electron chi connectivity index (χ0n) is 19.2. The number of nitro groups is 1. The number of carbonyl (C=O) groups is 1. The van der Waals surface area contributed by atoms with Crippen LogP contribution < -0.4 is 5.32 Å². The highest BCUT2D eigenvalue weighted by atomic mass is 35.5. The number of Topliss-reactive ketones (excluding diaryl/α,β-unsaturated/α-hetero) is 1. The molecule has 198 valence electrons. The molecular formula is C25H17Cl3F3N3O4. The molecule has 0 fully saturated rings. The Kier molecular flexibility index (Phi) is 7.87. The van der Waals surface area contributed by atoms with E-state index < -0.39 is 23.1 Å². The quantitative estimate of drug-likeness (QED) is 0.220. The fourth-order valence-corrected chi connectivity index (χ4v) is 4.62. The number of nitrogens with zero attached hydrogens (tertiary/aromatic N) is 2. The molecule has 0 bridgehead atoms. The molecule has 1 heterocycles. The van der Waals surface area contributed by atoms with E-state index in [1.165, 1.54) is 48.5 Å². The Hall–Kier alpha value is -3.34. The Labute approximate surface area is 229 Å². The van der Waals surface area contributed by atoms with E-state index in [1.807, 2.05) is 0 Å². The minimum atomic E-state index is -4.84. The van der Waals surface area contributed by atoms with Crippen molar-refractivity contribution in [2.24, 2.45) is 5.16 Å². The molecule has 1 aliphatic rings. The number of halogens is 6. The van der Waals surface area contributed by atoms with E-state index in [2.05, 4.69) is 10.5 Å². The van der Waals surface area contributed by atoms with Crippen molar-refractivity contribution in [3.8, 4) is 0 Å². The highest BCUT2D eigenvalue weighted by Crippen LogP contribution is 2.49. The first-order valence-electron chi connectivity index (χ1n) is 10.9. The van der Waals surface area contributed by atoms with Crippen LogP contribution in [-0.4, -0.2) is 29.1 Å². The third-order valence-electron chi connectivity index (χ3n) is 5.84. The molecule has 0 aromatic heterocycles. The highest BCUT2D eigenvalue weighted by Gasteiger charge is 2.62. The van der Waals surface area contributed by atoms with Crippen LogP contribution in [0, 0.1) is 10.1 Å². The number of benzene rings is 3. The Balaban J connectivity index is 1.49. The fourth-order valence-electron chi connectivity index (χ4n) is 3.91. The van der Waals surface area contributed by atoms with Gasteiger partial charge >= 0.3 is 6.18 Å². The van der Waals surface area contributed by atoms with Crippen molar-refractivity contribution in [1.82, 2.24) is 0 Å². The summed E-state index contributed by atoms with van der Waals surface area (Å²) in [4.78, 5) is 27.7. The number of rotatable bonds is 8. The second kappa shape index (κ2) is 10.8. The average molecular weight is 587 g/mol. The lowest BCUT2D eigenvalue weighted by Crippen LogP contribution is -2.42. The zero-order valence-corrected chi connectivity index (χ0v) is 21.5. The van der Waals surface area contributed by atoms with Crippen molar-refractivity contribution in [2.45, 2.75) is 24.6 Å². The minimum Gasteiger partial charge on any atom is -0.377 e. The maximum atomic E-state index is 14.3. The van der Waals surface area contributed by atoms with Gasteiger partial charge in [-0.25, -0.2) is 0 Å². The highest BCUT2D eigenvalue weighted by molar-refractivity contribution is 6.34. The van der Waals surface area contributed by atoms with Crippen LogP contribution >= 0.6 is 34.8 Å². The topological polar surface area (TPSA) is 93.8 Å². The van der Waals surface area contributed by atoms with E-state index in [1.54, 1.807) is 0 Å². The van der Waals surface area contributed by atoms with Crippen molar-refractivity contribution in [3.63, 3.8) is 0 Å². The molecule has 1 aliphatic heterocycles. The van der Waals surface area contributed by atoms with Crippen LogP contribution in [0.25, 0.3) is 0 Å². The summed E-state index contributed by atoms with van der Waals surface area (Å²) in [5, 5.41) is 17.6. The first-order chi connectivity index (χ1) is 17.9. The number of hydrogen-bond donors (Lipinski definition) is 1. The number of anilines is 1. The Morgan fingerprint density at radius 2 is 1.71 bits per heavy atom. The number of non-ortho nitro benzene ring substituents is 1. The lowest BCUT2D eigenvalue weighted by molar-refractivity contribution is -0.384. The molecule has 3 aromatic rings. The number of oxime groups is 1. The van der Waals surface area contributed by atoms with Crippen molar-refractivity contribution in [2.75, 3.05) is 11.9 Å². The summed E-state index contributed by atoms with van der Waals surface area (Å²) >= 11 is 18.1. The molecule has 0 saturated carbocycles. The van der Waals surface area contributed by atoms with E-state index in [4.69, 9.17) is 39.6 Å². The average Bonchev–Trinajstić information content (AvgIpc) is 3.30. The zero-order chi connectivity index (χ0) is 27.7.